The second-order valence-electron chi connectivity index (χ2n) is 12.7. The summed E-state index contributed by atoms with van der Waals surface area (Å²) < 4.78 is 132. The van der Waals surface area contributed by atoms with Gasteiger partial charge in [0.2, 0.25) is 11.6 Å². The highest BCUT2D eigenvalue weighted by Gasteiger charge is 2.37. The molecule has 0 amide bonds. The highest BCUT2D eigenvalue weighted by molar-refractivity contribution is 7.98. The summed E-state index contributed by atoms with van der Waals surface area (Å²) >= 11 is 1.07. The van der Waals surface area contributed by atoms with Crippen molar-refractivity contribution in [3.8, 4) is 28.9 Å². The molecule has 0 aliphatic rings. The minimum Gasteiger partial charge on any atom is -0.483 e. The van der Waals surface area contributed by atoms with Crippen molar-refractivity contribution in [2.45, 2.75) is 36.5 Å². The number of furan rings is 2. The van der Waals surface area contributed by atoms with E-state index >= 15 is 0 Å². The number of hydrogen-bond donors (Lipinski definition) is 4. The van der Waals surface area contributed by atoms with E-state index < -0.39 is 42.0 Å². The molecule has 4 heterocycles. The standard InChI is InChI=1S/C19H13F6N5O2.C18H14F3N5OS/c20-18(21,22)9-31-14-4-3-12(7-13(14)19(23,24)25)26-8-10-1-2-11-6-16(32-15(11)5-10)17-27-29-30-28-17;1-28-16-5-4-12(8-13(16)18(19,20)21)22-9-10-2-3-11-7-15(27-14(11)6-10)17-23-25-26-24-17/h1-7,26H,8-9H2,(H,27,28,29,30);2-8,22H,9H2,1H3,(H,23,24,25,26). The number of hydrogen-bond acceptors (Lipinski definition) is 12. The summed E-state index contributed by atoms with van der Waals surface area (Å²) in [5.41, 5.74) is 1.21. The summed E-state index contributed by atoms with van der Waals surface area (Å²) in [6.45, 7) is -1.34. The van der Waals surface area contributed by atoms with Gasteiger partial charge in [-0.3, -0.25) is 0 Å². The van der Waals surface area contributed by atoms with Crippen molar-refractivity contribution < 1.29 is 53.1 Å². The third-order valence-corrected chi connectivity index (χ3v) is 9.27. The number of rotatable bonds is 11. The van der Waals surface area contributed by atoms with Gasteiger partial charge in [-0.15, -0.1) is 32.2 Å². The van der Waals surface area contributed by atoms with Crippen LogP contribution >= 0.6 is 11.8 Å². The Balaban J connectivity index is 0.000000183. The van der Waals surface area contributed by atoms with Gasteiger partial charge in [-0.05, 0) is 88.5 Å². The number of thioether (sulfide) groups is 1. The number of anilines is 2. The lowest BCUT2D eigenvalue weighted by molar-refractivity contribution is -0.158. The highest BCUT2D eigenvalue weighted by atomic mass is 32.2. The third-order valence-electron chi connectivity index (χ3n) is 8.47. The normalized spacial score (nSPS) is 12.1. The molecular weight excluding hydrogens is 836 g/mol. The topological polar surface area (TPSA) is 168 Å². The zero-order chi connectivity index (χ0) is 42.7. The van der Waals surface area contributed by atoms with E-state index in [2.05, 4.69) is 56.6 Å². The fourth-order valence-corrected chi connectivity index (χ4v) is 6.32. The number of alkyl halides is 9. The maximum Gasteiger partial charge on any atom is 0.422 e. The van der Waals surface area contributed by atoms with Crippen LogP contribution in [0.15, 0.2) is 98.7 Å². The number of nitrogens with one attached hydrogen (secondary N) is 4. The maximum atomic E-state index is 13.3. The number of H-pyrrole nitrogens is 2. The van der Waals surface area contributed by atoms with Crippen molar-refractivity contribution in [1.29, 1.82) is 0 Å². The zero-order valence-electron chi connectivity index (χ0n) is 30.4. The van der Waals surface area contributed by atoms with E-state index in [1.165, 1.54) is 12.1 Å². The largest absolute Gasteiger partial charge is 0.483 e. The van der Waals surface area contributed by atoms with E-state index in [4.69, 9.17) is 8.83 Å². The Labute approximate surface area is 335 Å². The van der Waals surface area contributed by atoms with Crippen molar-refractivity contribution in [1.82, 2.24) is 41.2 Å². The van der Waals surface area contributed by atoms with Crippen LogP contribution in [0.1, 0.15) is 22.3 Å². The molecule has 4 aromatic carbocycles. The van der Waals surface area contributed by atoms with Gasteiger partial charge in [0.25, 0.3) is 0 Å². The molecule has 0 radical (unpaired) electrons. The Kier molecular flexibility index (Phi) is 11.6. The molecule has 4 aromatic heterocycles. The van der Waals surface area contributed by atoms with Crippen molar-refractivity contribution in [2.75, 3.05) is 23.5 Å². The summed E-state index contributed by atoms with van der Waals surface area (Å²) in [6.07, 6.45) is -12.4. The SMILES string of the molecule is CSc1ccc(NCc2ccc3cc(-c4nn[nH]n4)oc3c2)cc1C(F)(F)F.FC(F)(F)COc1ccc(NCc2ccc3cc(-c4nn[nH]n4)oc3c2)cc1C(F)(F)F. The molecule has 0 aliphatic heterocycles. The van der Waals surface area contributed by atoms with Gasteiger partial charge in [-0.2, -0.15) is 49.9 Å². The number of nitrogens with zero attached hydrogens (tertiary/aromatic N) is 6. The number of aromatic amines is 2. The van der Waals surface area contributed by atoms with Crippen LogP contribution in [-0.4, -0.2) is 60.3 Å². The van der Waals surface area contributed by atoms with Gasteiger partial charge in [0.1, 0.15) is 16.9 Å². The molecular formula is C37H27F9N10O3S. The first-order valence-corrected chi connectivity index (χ1v) is 18.4. The molecule has 0 fully saturated rings. The van der Waals surface area contributed by atoms with Crippen molar-refractivity contribution in [3.05, 3.63) is 107 Å². The van der Waals surface area contributed by atoms with Gasteiger partial charge in [-0.1, -0.05) is 24.3 Å². The molecule has 0 atom stereocenters. The van der Waals surface area contributed by atoms with Gasteiger partial charge in [0.05, 0.1) is 11.1 Å². The number of benzene rings is 4. The molecule has 0 spiro atoms. The summed E-state index contributed by atoms with van der Waals surface area (Å²) in [4.78, 5) is 0.198. The Hall–Kier alpha value is -6.78. The molecule has 23 heteroatoms. The minimum atomic E-state index is -4.89. The summed E-state index contributed by atoms with van der Waals surface area (Å²) in [5, 5.41) is 34.5. The molecule has 312 valence electrons. The van der Waals surface area contributed by atoms with Crippen molar-refractivity contribution in [2.24, 2.45) is 0 Å². The van der Waals surface area contributed by atoms with Crippen molar-refractivity contribution in [3.63, 3.8) is 0 Å². The van der Waals surface area contributed by atoms with Crippen LogP contribution in [0.25, 0.3) is 45.1 Å². The average molecular weight is 863 g/mol. The monoisotopic (exact) mass is 862 g/mol. The van der Waals surface area contributed by atoms with Crippen LogP contribution in [0.4, 0.5) is 50.9 Å². The Morgan fingerprint density at radius 1 is 0.617 bits per heavy atom. The summed E-state index contributed by atoms with van der Waals surface area (Å²) in [7, 11) is 0. The Morgan fingerprint density at radius 2 is 1.12 bits per heavy atom. The van der Waals surface area contributed by atoms with E-state index in [1.807, 2.05) is 18.2 Å². The van der Waals surface area contributed by atoms with Crippen LogP contribution in [0.2, 0.25) is 0 Å². The van der Waals surface area contributed by atoms with Gasteiger partial charge < -0.3 is 24.2 Å². The first kappa shape index (κ1) is 41.4. The lowest BCUT2D eigenvalue weighted by atomic mass is 10.1. The fourth-order valence-electron chi connectivity index (χ4n) is 5.72. The molecule has 13 nitrogen and oxygen atoms in total. The van der Waals surface area contributed by atoms with E-state index in [-0.39, 0.29) is 23.0 Å². The second-order valence-corrected chi connectivity index (χ2v) is 13.5. The molecule has 0 saturated heterocycles. The predicted molar refractivity (Wildman–Crippen MR) is 200 cm³/mol. The van der Waals surface area contributed by atoms with Crippen molar-refractivity contribution >= 4 is 45.1 Å². The maximum absolute atomic E-state index is 13.3. The number of halogens is 9. The fraction of sp³-hybridized carbons (Fsp3) is 0.189. The first-order valence-electron chi connectivity index (χ1n) is 17.2. The zero-order valence-corrected chi connectivity index (χ0v) is 31.2. The lowest BCUT2D eigenvalue weighted by Gasteiger charge is -2.17. The Morgan fingerprint density at radius 3 is 1.57 bits per heavy atom. The van der Waals surface area contributed by atoms with Gasteiger partial charge in [-0.25, -0.2) is 0 Å². The molecule has 4 N–H and O–H groups in total. The molecule has 8 aromatic rings. The second kappa shape index (κ2) is 16.8. The molecule has 0 unspecified atom stereocenters. The molecule has 0 aliphatic carbocycles. The summed E-state index contributed by atoms with van der Waals surface area (Å²) in [6, 6.07) is 21.3. The van der Waals surface area contributed by atoms with Gasteiger partial charge in [0, 0.05) is 40.1 Å². The van der Waals surface area contributed by atoms with Crippen LogP contribution in [0.3, 0.4) is 0 Å². The first-order chi connectivity index (χ1) is 28.5. The molecule has 0 saturated carbocycles. The van der Waals surface area contributed by atoms with Crippen LogP contribution in [0, 0.1) is 0 Å². The van der Waals surface area contributed by atoms with Gasteiger partial charge >= 0.3 is 18.5 Å². The molecule has 0 bridgehead atoms. The number of tetrazole rings is 2. The third kappa shape index (κ3) is 10.1. The molecule has 8 rings (SSSR count). The number of ether oxygens (including phenoxy) is 1. The molecule has 60 heavy (non-hydrogen) atoms. The quantitative estimate of drug-likeness (QED) is 0.0719. The predicted octanol–water partition coefficient (Wildman–Crippen LogP) is 10.2. The minimum absolute atomic E-state index is 0.0590. The number of fused-ring (bicyclic) bond motifs is 2. The van der Waals surface area contributed by atoms with E-state index in [0.717, 1.165) is 40.2 Å². The summed E-state index contributed by atoms with van der Waals surface area (Å²) in [5.74, 6) is 0.601. The Bertz CT molecular complexity index is 2700. The lowest BCUT2D eigenvalue weighted by Crippen LogP contribution is -2.21. The number of aromatic nitrogens is 8. The highest BCUT2D eigenvalue weighted by Crippen LogP contribution is 2.40. The van der Waals surface area contributed by atoms with E-state index in [0.29, 0.717) is 52.4 Å². The van der Waals surface area contributed by atoms with E-state index in [9.17, 15) is 39.5 Å². The van der Waals surface area contributed by atoms with Crippen LogP contribution in [-0.2, 0) is 25.4 Å². The van der Waals surface area contributed by atoms with Crippen LogP contribution < -0.4 is 15.4 Å². The van der Waals surface area contributed by atoms with Crippen LogP contribution in [0.5, 0.6) is 5.75 Å². The van der Waals surface area contributed by atoms with E-state index in [1.54, 1.807) is 42.7 Å². The average Bonchev–Trinajstić information content (AvgIpc) is 4.04. The van der Waals surface area contributed by atoms with Gasteiger partial charge in [0.15, 0.2) is 18.1 Å². The smallest absolute Gasteiger partial charge is 0.422 e.